The van der Waals surface area contributed by atoms with Gasteiger partial charge in [0.25, 0.3) is 0 Å². The Kier molecular flexibility index (Phi) is 1.73. The van der Waals surface area contributed by atoms with Crippen molar-refractivity contribution in [3.8, 4) is 0 Å². The standard InChI is InChI=1S/C14H8N2S/c1-3-7-11-9(5-1)10-6-2-4-8-12(10)14-13(11)15-17-16-14/h1-8H. The van der Waals surface area contributed by atoms with E-state index in [0.717, 1.165) is 11.0 Å². The number of nitrogens with zero attached hydrogens (tertiary/aromatic N) is 2. The van der Waals surface area contributed by atoms with Gasteiger partial charge in [-0.25, -0.2) is 0 Å². The van der Waals surface area contributed by atoms with Crippen molar-refractivity contribution in [1.29, 1.82) is 0 Å². The summed E-state index contributed by atoms with van der Waals surface area (Å²) in [5.74, 6) is 0. The lowest BCUT2D eigenvalue weighted by molar-refractivity contribution is 1.69. The number of hydrogen-bond donors (Lipinski definition) is 0. The first-order chi connectivity index (χ1) is 8.45. The summed E-state index contributed by atoms with van der Waals surface area (Å²) < 4.78 is 8.86. The molecule has 0 N–H and O–H groups in total. The van der Waals surface area contributed by atoms with E-state index in [-0.39, 0.29) is 0 Å². The minimum atomic E-state index is 1.02. The van der Waals surface area contributed by atoms with Crippen LogP contribution in [0.1, 0.15) is 0 Å². The minimum Gasteiger partial charge on any atom is -0.172 e. The van der Waals surface area contributed by atoms with Crippen molar-refractivity contribution in [2.75, 3.05) is 0 Å². The number of benzene rings is 3. The van der Waals surface area contributed by atoms with Crippen LogP contribution in [0, 0.1) is 0 Å². The zero-order valence-corrected chi connectivity index (χ0v) is 9.74. The predicted molar refractivity (Wildman–Crippen MR) is 72.4 cm³/mol. The first-order valence-electron chi connectivity index (χ1n) is 5.47. The summed E-state index contributed by atoms with van der Waals surface area (Å²) in [7, 11) is 0. The Morgan fingerprint density at radius 1 is 0.588 bits per heavy atom. The SMILES string of the molecule is c1ccc2c(c1)c1ccccc1c1nsnc21. The zero-order valence-electron chi connectivity index (χ0n) is 8.92. The molecule has 0 bridgehead atoms. The van der Waals surface area contributed by atoms with Crippen LogP contribution < -0.4 is 0 Å². The highest BCUT2D eigenvalue weighted by atomic mass is 32.1. The van der Waals surface area contributed by atoms with Crippen LogP contribution in [-0.4, -0.2) is 8.75 Å². The topological polar surface area (TPSA) is 25.8 Å². The Bertz CT molecular complexity index is 779. The van der Waals surface area contributed by atoms with Gasteiger partial charge in [-0.05, 0) is 10.8 Å². The number of rotatable bonds is 0. The summed E-state index contributed by atoms with van der Waals surface area (Å²) in [6.45, 7) is 0. The van der Waals surface area contributed by atoms with Gasteiger partial charge in [0.1, 0.15) is 11.0 Å². The lowest BCUT2D eigenvalue weighted by Crippen LogP contribution is -1.81. The minimum absolute atomic E-state index is 1.02. The van der Waals surface area contributed by atoms with E-state index in [4.69, 9.17) is 0 Å². The molecule has 0 aliphatic rings. The molecule has 0 amide bonds. The Balaban J connectivity index is 2.48. The summed E-state index contributed by atoms with van der Waals surface area (Å²) >= 11 is 1.28. The Morgan fingerprint density at radius 3 is 1.47 bits per heavy atom. The van der Waals surface area contributed by atoms with Gasteiger partial charge in [0.2, 0.25) is 0 Å². The maximum absolute atomic E-state index is 4.43. The molecule has 0 spiro atoms. The molecule has 4 aromatic rings. The van der Waals surface area contributed by atoms with Crippen molar-refractivity contribution in [2.45, 2.75) is 0 Å². The maximum atomic E-state index is 4.43. The van der Waals surface area contributed by atoms with E-state index in [0.29, 0.717) is 0 Å². The number of hydrogen-bond acceptors (Lipinski definition) is 3. The Labute approximate surface area is 102 Å². The van der Waals surface area contributed by atoms with Crippen molar-refractivity contribution in [1.82, 2.24) is 8.75 Å². The normalized spacial score (nSPS) is 11.5. The van der Waals surface area contributed by atoms with Crippen LogP contribution in [-0.2, 0) is 0 Å². The fourth-order valence-corrected chi connectivity index (χ4v) is 2.96. The predicted octanol–water partition coefficient (Wildman–Crippen LogP) is 4.00. The van der Waals surface area contributed by atoms with E-state index < -0.39 is 0 Å². The molecular weight excluding hydrogens is 228 g/mol. The molecule has 0 atom stereocenters. The lowest BCUT2D eigenvalue weighted by Gasteiger charge is -2.04. The molecular formula is C14H8N2S. The maximum Gasteiger partial charge on any atom is 0.113 e. The molecule has 0 radical (unpaired) electrons. The molecule has 17 heavy (non-hydrogen) atoms. The highest BCUT2D eigenvalue weighted by Gasteiger charge is 2.10. The van der Waals surface area contributed by atoms with Crippen molar-refractivity contribution in [2.24, 2.45) is 0 Å². The molecule has 0 saturated heterocycles. The summed E-state index contributed by atoms with van der Waals surface area (Å²) in [5, 5.41) is 4.89. The summed E-state index contributed by atoms with van der Waals surface area (Å²) in [6, 6.07) is 16.8. The number of aromatic nitrogens is 2. The molecule has 3 aromatic carbocycles. The quantitative estimate of drug-likeness (QED) is 0.431. The summed E-state index contributed by atoms with van der Waals surface area (Å²) in [6.07, 6.45) is 0. The van der Waals surface area contributed by atoms with Gasteiger partial charge >= 0.3 is 0 Å². The van der Waals surface area contributed by atoms with E-state index in [2.05, 4.69) is 57.3 Å². The van der Waals surface area contributed by atoms with Crippen molar-refractivity contribution in [3.05, 3.63) is 48.5 Å². The van der Waals surface area contributed by atoms with Gasteiger partial charge in [0, 0.05) is 10.8 Å². The van der Waals surface area contributed by atoms with E-state index in [1.165, 1.54) is 33.3 Å². The van der Waals surface area contributed by atoms with Gasteiger partial charge in [-0.2, -0.15) is 8.75 Å². The van der Waals surface area contributed by atoms with E-state index in [1.807, 2.05) is 0 Å². The van der Waals surface area contributed by atoms with Crippen LogP contribution in [0.15, 0.2) is 48.5 Å². The van der Waals surface area contributed by atoms with Crippen LogP contribution in [0.4, 0.5) is 0 Å². The molecule has 0 fully saturated rings. The second-order valence-electron chi connectivity index (χ2n) is 4.05. The fourth-order valence-electron chi connectivity index (χ4n) is 2.39. The third kappa shape index (κ3) is 1.14. The molecule has 1 heterocycles. The third-order valence-electron chi connectivity index (χ3n) is 3.14. The average Bonchev–Trinajstić information content (AvgIpc) is 2.89. The van der Waals surface area contributed by atoms with Gasteiger partial charge < -0.3 is 0 Å². The molecule has 4 rings (SSSR count). The molecule has 2 nitrogen and oxygen atoms in total. The first kappa shape index (κ1) is 9.07. The van der Waals surface area contributed by atoms with Crippen LogP contribution in [0.2, 0.25) is 0 Å². The van der Waals surface area contributed by atoms with Crippen molar-refractivity contribution >= 4 is 44.3 Å². The molecule has 0 aliphatic heterocycles. The van der Waals surface area contributed by atoms with Gasteiger partial charge in [-0.15, -0.1) is 0 Å². The molecule has 0 aliphatic carbocycles. The van der Waals surface area contributed by atoms with Gasteiger partial charge in [0.15, 0.2) is 0 Å². The molecule has 0 unspecified atom stereocenters. The zero-order chi connectivity index (χ0) is 11.2. The van der Waals surface area contributed by atoms with Crippen LogP contribution >= 0.6 is 11.7 Å². The lowest BCUT2D eigenvalue weighted by atomic mass is 10.0. The highest BCUT2D eigenvalue weighted by Crippen LogP contribution is 2.33. The molecule has 1 aromatic heterocycles. The number of fused-ring (bicyclic) bond motifs is 6. The average molecular weight is 236 g/mol. The molecule has 0 saturated carbocycles. The second kappa shape index (κ2) is 3.25. The Morgan fingerprint density at radius 2 is 1.00 bits per heavy atom. The highest BCUT2D eigenvalue weighted by molar-refractivity contribution is 7.00. The van der Waals surface area contributed by atoms with Gasteiger partial charge in [-0.1, -0.05) is 48.5 Å². The fraction of sp³-hybridized carbons (Fsp3) is 0. The van der Waals surface area contributed by atoms with Gasteiger partial charge in [-0.3, -0.25) is 0 Å². The monoisotopic (exact) mass is 236 g/mol. The second-order valence-corrected chi connectivity index (χ2v) is 4.58. The summed E-state index contributed by atoms with van der Waals surface area (Å²) in [4.78, 5) is 0. The van der Waals surface area contributed by atoms with E-state index in [1.54, 1.807) is 0 Å². The molecule has 80 valence electrons. The largest absolute Gasteiger partial charge is 0.172 e. The third-order valence-corrected chi connectivity index (χ3v) is 3.67. The smallest absolute Gasteiger partial charge is 0.113 e. The van der Waals surface area contributed by atoms with Gasteiger partial charge in [0.05, 0.1) is 11.7 Å². The first-order valence-corrected chi connectivity index (χ1v) is 6.20. The van der Waals surface area contributed by atoms with Crippen LogP contribution in [0.3, 0.4) is 0 Å². The molecule has 3 heteroatoms. The van der Waals surface area contributed by atoms with Crippen LogP contribution in [0.25, 0.3) is 32.6 Å². The van der Waals surface area contributed by atoms with Crippen molar-refractivity contribution < 1.29 is 0 Å². The van der Waals surface area contributed by atoms with E-state index in [9.17, 15) is 0 Å². The van der Waals surface area contributed by atoms with Crippen molar-refractivity contribution in [3.63, 3.8) is 0 Å². The summed E-state index contributed by atoms with van der Waals surface area (Å²) in [5.41, 5.74) is 2.04. The Hall–Kier alpha value is -2.00. The van der Waals surface area contributed by atoms with Crippen LogP contribution in [0.5, 0.6) is 0 Å². The van der Waals surface area contributed by atoms with E-state index >= 15 is 0 Å².